The minimum absolute atomic E-state index is 0.0283. The number of piperidine rings is 1. The zero-order valence-electron chi connectivity index (χ0n) is 13.5. The van der Waals surface area contributed by atoms with Crippen LogP contribution in [0.4, 0.5) is 19.3 Å². The van der Waals surface area contributed by atoms with Crippen LogP contribution in [-0.2, 0) is 4.74 Å². The Morgan fingerprint density at radius 2 is 1.87 bits per heavy atom. The van der Waals surface area contributed by atoms with E-state index in [1.807, 2.05) is 20.8 Å². The zero-order chi connectivity index (χ0) is 17.2. The first-order chi connectivity index (χ1) is 10.7. The van der Waals surface area contributed by atoms with Crippen LogP contribution in [0.5, 0.6) is 0 Å². The Labute approximate surface area is 143 Å². The van der Waals surface area contributed by atoms with Gasteiger partial charge in [-0.15, -0.1) is 0 Å². The molecule has 1 aliphatic heterocycles. The lowest BCUT2D eigenvalue weighted by molar-refractivity contribution is 0.0210. The molecule has 1 heterocycles. The normalized spacial score (nSPS) is 16.3. The molecule has 1 saturated heterocycles. The molecular weight excluding hydrogens is 370 g/mol. The molecule has 23 heavy (non-hydrogen) atoms. The number of anilines is 1. The van der Waals surface area contributed by atoms with Crippen molar-refractivity contribution < 1.29 is 18.3 Å². The smallest absolute Gasteiger partial charge is 0.410 e. The van der Waals surface area contributed by atoms with Gasteiger partial charge in [0.25, 0.3) is 0 Å². The van der Waals surface area contributed by atoms with Gasteiger partial charge in [0.15, 0.2) is 0 Å². The number of amides is 1. The molecular formula is C16H21BrF2N2O2. The van der Waals surface area contributed by atoms with Gasteiger partial charge >= 0.3 is 6.09 Å². The standard InChI is InChI=1S/C16H21BrF2N2O2/c1-16(2,3)23-15(22)21-6-4-10(5-7-21)20-14-8-11(17)12(18)9-13(14)19/h8-10,20H,4-7H2,1-3H3. The van der Waals surface area contributed by atoms with E-state index in [0.29, 0.717) is 25.9 Å². The average molecular weight is 391 g/mol. The summed E-state index contributed by atoms with van der Waals surface area (Å²) in [6, 6.07) is 2.27. The van der Waals surface area contributed by atoms with Crippen LogP contribution in [0.3, 0.4) is 0 Å². The molecule has 1 aromatic rings. The molecule has 0 aliphatic carbocycles. The highest BCUT2D eigenvalue weighted by Crippen LogP contribution is 2.26. The topological polar surface area (TPSA) is 41.6 Å². The molecule has 0 unspecified atom stereocenters. The van der Waals surface area contributed by atoms with Crippen molar-refractivity contribution in [1.82, 2.24) is 4.90 Å². The average Bonchev–Trinajstić information content (AvgIpc) is 2.43. The quantitative estimate of drug-likeness (QED) is 0.753. The summed E-state index contributed by atoms with van der Waals surface area (Å²) in [5.74, 6) is -1.26. The Bertz CT molecular complexity index is 582. The molecule has 128 valence electrons. The third-order valence-corrected chi connectivity index (χ3v) is 4.12. The number of hydrogen-bond acceptors (Lipinski definition) is 3. The Morgan fingerprint density at radius 3 is 2.43 bits per heavy atom. The van der Waals surface area contributed by atoms with Crippen molar-refractivity contribution in [3.05, 3.63) is 28.2 Å². The third kappa shape index (κ3) is 5.06. The van der Waals surface area contributed by atoms with E-state index in [4.69, 9.17) is 4.74 Å². The fourth-order valence-electron chi connectivity index (χ4n) is 2.39. The highest BCUT2D eigenvalue weighted by atomic mass is 79.9. The fraction of sp³-hybridized carbons (Fsp3) is 0.562. The molecule has 1 aliphatic rings. The first-order valence-corrected chi connectivity index (χ1v) is 8.34. The van der Waals surface area contributed by atoms with Gasteiger partial charge in [0.05, 0.1) is 10.2 Å². The van der Waals surface area contributed by atoms with E-state index >= 15 is 0 Å². The van der Waals surface area contributed by atoms with E-state index < -0.39 is 17.2 Å². The molecule has 4 nitrogen and oxygen atoms in total. The number of nitrogens with zero attached hydrogens (tertiary/aromatic N) is 1. The van der Waals surface area contributed by atoms with Gasteiger partial charge < -0.3 is 15.0 Å². The highest BCUT2D eigenvalue weighted by molar-refractivity contribution is 9.10. The number of carbonyl (C=O) groups excluding carboxylic acids is 1. The predicted molar refractivity (Wildman–Crippen MR) is 88.5 cm³/mol. The maximum atomic E-state index is 13.8. The van der Waals surface area contributed by atoms with Crippen molar-refractivity contribution >= 4 is 27.7 Å². The molecule has 0 atom stereocenters. The number of carbonyl (C=O) groups is 1. The summed E-state index contributed by atoms with van der Waals surface area (Å²) in [4.78, 5) is 13.6. The van der Waals surface area contributed by atoms with Crippen LogP contribution in [-0.4, -0.2) is 35.7 Å². The minimum atomic E-state index is -0.632. The van der Waals surface area contributed by atoms with Crippen LogP contribution in [0.2, 0.25) is 0 Å². The van der Waals surface area contributed by atoms with E-state index in [-0.39, 0.29) is 22.3 Å². The first-order valence-electron chi connectivity index (χ1n) is 7.55. The maximum absolute atomic E-state index is 13.8. The van der Waals surface area contributed by atoms with Gasteiger partial charge in [-0.05, 0) is 55.6 Å². The second kappa shape index (κ2) is 7.03. The molecule has 0 radical (unpaired) electrons. The molecule has 0 saturated carbocycles. The van der Waals surface area contributed by atoms with Gasteiger partial charge in [-0.25, -0.2) is 13.6 Å². The molecule has 0 spiro atoms. The van der Waals surface area contributed by atoms with Crippen molar-refractivity contribution in [2.45, 2.75) is 45.3 Å². The van der Waals surface area contributed by atoms with Crippen LogP contribution in [0, 0.1) is 11.6 Å². The lowest BCUT2D eigenvalue weighted by atomic mass is 10.0. The number of hydrogen-bond donors (Lipinski definition) is 1. The number of rotatable bonds is 2. The number of nitrogens with one attached hydrogen (secondary N) is 1. The van der Waals surface area contributed by atoms with Crippen molar-refractivity contribution in [1.29, 1.82) is 0 Å². The molecule has 2 rings (SSSR count). The van der Waals surface area contributed by atoms with Crippen molar-refractivity contribution in [3.8, 4) is 0 Å². The van der Waals surface area contributed by atoms with Crippen LogP contribution >= 0.6 is 15.9 Å². The number of halogens is 3. The van der Waals surface area contributed by atoms with E-state index in [1.165, 1.54) is 6.07 Å². The number of likely N-dealkylation sites (tertiary alicyclic amines) is 1. The van der Waals surface area contributed by atoms with Gasteiger partial charge in [-0.1, -0.05) is 0 Å². The number of benzene rings is 1. The largest absolute Gasteiger partial charge is 0.444 e. The molecule has 1 aromatic carbocycles. The SMILES string of the molecule is CC(C)(C)OC(=O)N1CCC(Nc2cc(Br)c(F)cc2F)CC1. The maximum Gasteiger partial charge on any atom is 0.410 e. The van der Waals surface area contributed by atoms with E-state index in [1.54, 1.807) is 4.90 Å². The summed E-state index contributed by atoms with van der Waals surface area (Å²) in [7, 11) is 0. The van der Waals surface area contributed by atoms with Gasteiger partial charge in [0.2, 0.25) is 0 Å². The monoisotopic (exact) mass is 390 g/mol. The summed E-state index contributed by atoms with van der Waals surface area (Å²) in [5, 5.41) is 3.07. The Kier molecular flexibility index (Phi) is 5.49. The van der Waals surface area contributed by atoms with Gasteiger partial charge in [-0.2, -0.15) is 0 Å². The van der Waals surface area contributed by atoms with Gasteiger partial charge in [0.1, 0.15) is 17.2 Å². The lowest BCUT2D eigenvalue weighted by Gasteiger charge is -2.34. The minimum Gasteiger partial charge on any atom is -0.444 e. The van der Waals surface area contributed by atoms with Gasteiger partial charge in [-0.3, -0.25) is 0 Å². The molecule has 1 N–H and O–H groups in total. The van der Waals surface area contributed by atoms with Crippen molar-refractivity contribution in [2.24, 2.45) is 0 Å². The van der Waals surface area contributed by atoms with Crippen LogP contribution in [0.25, 0.3) is 0 Å². The predicted octanol–water partition coefficient (Wildman–Crippen LogP) is 4.54. The van der Waals surface area contributed by atoms with Crippen molar-refractivity contribution in [2.75, 3.05) is 18.4 Å². The molecule has 0 bridgehead atoms. The molecule has 1 fully saturated rings. The zero-order valence-corrected chi connectivity index (χ0v) is 15.0. The molecule has 1 amide bonds. The van der Waals surface area contributed by atoms with Gasteiger partial charge in [0, 0.05) is 25.2 Å². The van der Waals surface area contributed by atoms with Crippen LogP contribution in [0.1, 0.15) is 33.6 Å². The Balaban J connectivity index is 1.90. The molecule has 7 heteroatoms. The second-order valence-electron chi connectivity index (χ2n) is 6.63. The van der Waals surface area contributed by atoms with E-state index in [2.05, 4.69) is 21.2 Å². The lowest BCUT2D eigenvalue weighted by Crippen LogP contribution is -2.44. The Morgan fingerprint density at radius 1 is 1.26 bits per heavy atom. The highest BCUT2D eigenvalue weighted by Gasteiger charge is 2.27. The summed E-state index contributed by atoms with van der Waals surface area (Å²) in [6.07, 6.45) is 1.02. The summed E-state index contributed by atoms with van der Waals surface area (Å²) in [6.45, 7) is 6.56. The number of ether oxygens (including phenoxy) is 1. The first kappa shape index (κ1) is 18.0. The molecule has 0 aromatic heterocycles. The van der Waals surface area contributed by atoms with Crippen LogP contribution < -0.4 is 5.32 Å². The third-order valence-electron chi connectivity index (χ3n) is 3.52. The van der Waals surface area contributed by atoms with E-state index in [0.717, 1.165) is 6.07 Å². The van der Waals surface area contributed by atoms with Crippen molar-refractivity contribution in [3.63, 3.8) is 0 Å². The summed E-state index contributed by atoms with van der Waals surface area (Å²) in [5.41, 5.74) is -0.260. The van der Waals surface area contributed by atoms with E-state index in [9.17, 15) is 13.6 Å². The Hall–Kier alpha value is -1.37. The summed E-state index contributed by atoms with van der Waals surface area (Å²) >= 11 is 3.05. The fourth-order valence-corrected chi connectivity index (χ4v) is 2.73. The van der Waals surface area contributed by atoms with Crippen LogP contribution in [0.15, 0.2) is 16.6 Å². The second-order valence-corrected chi connectivity index (χ2v) is 7.49. The summed E-state index contributed by atoms with van der Waals surface area (Å²) < 4.78 is 32.6.